The Balaban J connectivity index is 1.52. The summed E-state index contributed by atoms with van der Waals surface area (Å²) in [6.07, 6.45) is 3.60. The smallest absolute Gasteiger partial charge is 0.339 e. The van der Waals surface area contributed by atoms with Crippen LogP contribution >= 0.6 is 15.9 Å². The summed E-state index contributed by atoms with van der Waals surface area (Å²) >= 11 is 3.44. The van der Waals surface area contributed by atoms with Crippen molar-refractivity contribution in [1.82, 2.24) is 9.99 Å². The molecule has 0 atom stereocenters. The number of anilines is 1. The van der Waals surface area contributed by atoms with E-state index in [1.165, 1.54) is 0 Å². The topological polar surface area (TPSA) is 82.2 Å². The lowest BCUT2D eigenvalue weighted by Gasteiger charge is -2.07. The van der Waals surface area contributed by atoms with Crippen LogP contribution in [0.2, 0.25) is 0 Å². The highest BCUT2D eigenvalue weighted by atomic mass is 79.9. The van der Waals surface area contributed by atoms with Gasteiger partial charge in [-0.25, -0.2) is 10.2 Å². The van der Waals surface area contributed by atoms with E-state index in [0.29, 0.717) is 17.8 Å². The van der Waals surface area contributed by atoms with Gasteiger partial charge in [-0.2, -0.15) is 10.4 Å². The van der Waals surface area contributed by atoms with Crippen LogP contribution in [0.25, 0.3) is 10.9 Å². The van der Waals surface area contributed by atoms with Gasteiger partial charge in [0.05, 0.1) is 17.8 Å². The van der Waals surface area contributed by atoms with E-state index in [1.54, 1.807) is 6.21 Å². The molecule has 1 heterocycles. The normalized spacial score (nSPS) is 10.9. The molecule has 0 unspecified atom stereocenters. The Morgan fingerprint density at radius 2 is 1.94 bits per heavy atom. The number of amides is 2. The Morgan fingerprint density at radius 1 is 1.16 bits per heavy atom. The Hall–Kier alpha value is -3.89. The van der Waals surface area contributed by atoms with Crippen molar-refractivity contribution in [3.8, 4) is 6.07 Å². The molecule has 0 aliphatic rings. The molecule has 4 rings (SSSR count). The van der Waals surface area contributed by atoms with Gasteiger partial charge in [0.2, 0.25) is 0 Å². The van der Waals surface area contributed by atoms with Crippen LogP contribution in [-0.2, 0) is 6.54 Å². The number of rotatable bonds is 5. The number of urea groups is 1. The number of para-hydroxylation sites is 1. The molecular formula is C25H20BrN5O. The van der Waals surface area contributed by atoms with Gasteiger partial charge < -0.3 is 9.88 Å². The number of hydrazone groups is 1. The number of nitrogens with zero attached hydrogens (tertiary/aromatic N) is 3. The van der Waals surface area contributed by atoms with Crippen LogP contribution in [0.15, 0.2) is 82.5 Å². The van der Waals surface area contributed by atoms with E-state index in [1.807, 2.05) is 79.9 Å². The molecule has 0 fully saturated rings. The zero-order valence-electron chi connectivity index (χ0n) is 17.3. The number of carbonyl (C=O) groups excluding carboxylic acids is 1. The molecule has 3 aromatic carbocycles. The van der Waals surface area contributed by atoms with Gasteiger partial charge in [0, 0.05) is 39.4 Å². The lowest BCUT2D eigenvalue weighted by molar-refractivity contribution is 0.252. The number of aromatic nitrogens is 1. The fourth-order valence-electron chi connectivity index (χ4n) is 3.50. The molecule has 0 spiro atoms. The molecule has 0 aliphatic carbocycles. The number of fused-ring (bicyclic) bond motifs is 1. The summed E-state index contributed by atoms with van der Waals surface area (Å²) in [6.45, 7) is 2.52. The first kappa shape index (κ1) is 21.3. The molecule has 4 aromatic rings. The lowest BCUT2D eigenvalue weighted by atomic mass is 10.1. The van der Waals surface area contributed by atoms with E-state index in [9.17, 15) is 10.1 Å². The van der Waals surface area contributed by atoms with Crippen molar-refractivity contribution >= 4 is 44.8 Å². The second-order valence-electron chi connectivity index (χ2n) is 7.29. The van der Waals surface area contributed by atoms with E-state index >= 15 is 0 Å². The number of hydrogen-bond donors (Lipinski definition) is 2. The molecule has 0 bridgehead atoms. The Labute approximate surface area is 194 Å². The van der Waals surface area contributed by atoms with Crippen LogP contribution in [0.3, 0.4) is 0 Å². The SMILES string of the molecule is Cc1cc(NC(=O)N/N=C/c2cn(Cc3ccccc3C#N)c3ccccc23)ccc1Br. The molecule has 2 amide bonds. The van der Waals surface area contributed by atoms with E-state index in [2.05, 4.69) is 42.4 Å². The van der Waals surface area contributed by atoms with Crippen LogP contribution in [0, 0.1) is 18.3 Å². The number of nitriles is 1. The van der Waals surface area contributed by atoms with Gasteiger partial charge in [-0.05, 0) is 48.4 Å². The van der Waals surface area contributed by atoms with Crippen LogP contribution in [0.4, 0.5) is 10.5 Å². The minimum Gasteiger partial charge on any atom is -0.342 e. The number of carbonyl (C=O) groups is 1. The second kappa shape index (κ2) is 9.50. The van der Waals surface area contributed by atoms with E-state index in [-0.39, 0.29) is 0 Å². The van der Waals surface area contributed by atoms with Gasteiger partial charge in [0.1, 0.15) is 0 Å². The van der Waals surface area contributed by atoms with Gasteiger partial charge in [-0.15, -0.1) is 0 Å². The van der Waals surface area contributed by atoms with Crippen LogP contribution in [0.1, 0.15) is 22.3 Å². The highest BCUT2D eigenvalue weighted by Gasteiger charge is 2.09. The Kier molecular flexibility index (Phi) is 6.34. The van der Waals surface area contributed by atoms with E-state index < -0.39 is 6.03 Å². The summed E-state index contributed by atoms with van der Waals surface area (Å²) in [6, 6.07) is 22.9. The average molecular weight is 486 g/mol. The van der Waals surface area contributed by atoms with Crippen molar-refractivity contribution < 1.29 is 4.79 Å². The number of aryl methyl sites for hydroxylation is 1. The molecule has 6 nitrogen and oxygen atoms in total. The summed E-state index contributed by atoms with van der Waals surface area (Å²) in [7, 11) is 0. The Bertz CT molecular complexity index is 1370. The van der Waals surface area contributed by atoms with Crippen molar-refractivity contribution in [2.45, 2.75) is 13.5 Å². The monoisotopic (exact) mass is 485 g/mol. The summed E-state index contributed by atoms with van der Waals surface area (Å²) in [5, 5.41) is 17.3. The summed E-state index contributed by atoms with van der Waals surface area (Å²) in [4.78, 5) is 12.2. The van der Waals surface area contributed by atoms with Gasteiger partial charge in [0.15, 0.2) is 0 Å². The molecule has 0 saturated heterocycles. The molecule has 2 N–H and O–H groups in total. The molecule has 1 aromatic heterocycles. The number of benzene rings is 3. The van der Waals surface area contributed by atoms with Crippen molar-refractivity contribution in [3.05, 3.63) is 99.7 Å². The maximum Gasteiger partial charge on any atom is 0.339 e. The molecule has 7 heteroatoms. The van der Waals surface area contributed by atoms with Crippen LogP contribution in [-0.4, -0.2) is 16.8 Å². The van der Waals surface area contributed by atoms with Crippen molar-refractivity contribution in [2.75, 3.05) is 5.32 Å². The average Bonchev–Trinajstić information content (AvgIpc) is 3.14. The summed E-state index contributed by atoms with van der Waals surface area (Å²) in [5.41, 5.74) is 7.72. The maximum atomic E-state index is 12.2. The van der Waals surface area contributed by atoms with Crippen molar-refractivity contribution in [3.63, 3.8) is 0 Å². The van der Waals surface area contributed by atoms with Crippen molar-refractivity contribution in [2.24, 2.45) is 5.10 Å². The zero-order chi connectivity index (χ0) is 22.5. The maximum absolute atomic E-state index is 12.2. The van der Waals surface area contributed by atoms with Crippen molar-refractivity contribution in [1.29, 1.82) is 5.26 Å². The van der Waals surface area contributed by atoms with Gasteiger partial charge >= 0.3 is 6.03 Å². The minimum atomic E-state index is -0.422. The molecule has 0 aliphatic heterocycles. The molecule has 158 valence electrons. The molecule has 0 radical (unpaired) electrons. The molecule has 0 saturated carbocycles. The van der Waals surface area contributed by atoms with Gasteiger partial charge in [-0.1, -0.05) is 52.3 Å². The summed E-state index contributed by atoms with van der Waals surface area (Å²) in [5.74, 6) is 0. The lowest BCUT2D eigenvalue weighted by Crippen LogP contribution is -2.24. The standard InChI is InChI=1S/C25H20BrN5O/c1-17-12-21(10-11-23(17)26)29-25(32)30-28-14-20-16-31(24-9-5-4-8-22(20)24)15-19-7-3-2-6-18(19)13-27/h2-12,14,16H,15H2,1H3,(H2,29,30,32)/b28-14+. The first-order valence-corrected chi connectivity index (χ1v) is 10.8. The van der Waals surface area contributed by atoms with Gasteiger partial charge in [-0.3, -0.25) is 0 Å². The quantitative estimate of drug-likeness (QED) is 0.277. The van der Waals surface area contributed by atoms with Gasteiger partial charge in [0.25, 0.3) is 0 Å². The van der Waals surface area contributed by atoms with Crippen LogP contribution < -0.4 is 10.7 Å². The number of nitrogens with one attached hydrogen (secondary N) is 2. The van der Waals surface area contributed by atoms with E-state index in [4.69, 9.17) is 0 Å². The first-order chi connectivity index (χ1) is 15.5. The number of hydrogen-bond acceptors (Lipinski definition) is 3. The van der Waals surface area contributed by atoms with Crippen LogP contribution in [0.5, 0.6) is 0 Å². The zero-order valence-corrected chi connectivity index (χ0v) is 18.9. The highest BCUT2D eigenvalue weighted by Crippen LogP contribution is 2.22. The first-order valence-electron chi connectivity index (χ1n) is 9.97. The third-order valence-electron chi connectivity index (χ3n) is 5.08. The third-order valence-corrected chi connectivity index (χ3v) is 5.97. The fraction of sp³-hybridized carbons (Fsp3) is 0.0800. The Morgan fingerprint density at radius 3 is 2.75 bits per heavy atom. The summed E-state index contributed by atoms with van der Waals surface area (Å²) < 4.78 is 3.06. The number of halogens is 1. The largest absolute Gasteiger partial charge is 0.342 e. The predicted octanol–water partition coefficient (Wildman–Crippen LogP) is 5.79. The van der Waals surface area contributed by atoms with E-state index in [0.717, 1.165) is 32.1 Å². The third kappa shape index (κ3) is 4.71. The fourth-order valence-corrected chi connectivity index (χ4v) is 3.75. The second-order valence-corrected chi connectivity index (χ2v) is 8.14. The highest BCUT2D eigenvalue weighted by molar-refractivity contribution is 9.10. The molecular weight excluding hydrogens is 466 g/mol. The minimum absolute atomic E-state index is 0.422. The molecule has 32 heavy (non-hydrogen) atoms. The predicted molar refractivity (Wildman–Crippen MR) is 131 cm³/mol.